The number of hydrogen-bond donors (Lipinski definition) is 2. The summed E-state index contributed by atoms with van der Waals surface area (Å²) in [5.74, 6) is 0.655. The normalized spacial score (nSPS) is 25.8. The van der Waals surface area contributed by atoms with Gasteiger partial charge in [0.05, 0.1) is 0 Å². The molecular weight excluding hydrogens is 256 g/mol. The number of phenolic OH excluding ortho intramolecular Hbond substituents is 1. The number of carbonyl (C=O) groups excluding carboxylic acids is 2. The molecule has 0 saturated carbocycles. The number of nitrogens with one attached hydrogen (secondary N) is 1. The van der Waals surface area contributed by atoms with Gasteiger partial charge < -0.3 is 15.3 Å². The van der Waals surface area contributed by atoms with E-state index in [1.54, 1.807) is 12.1 Å². The van der Waals surface area contributed by atoms with Crippen LogP contribution in [0, 0.1) is 5.92 Å². The average molecular weight is 274 g/mol. The van der Waals surface area contributed by atoms with Crippen LogP contribution in [-0.4, -0.2) is 41.0 Å². The second kappa shape index (κ2) is 5.15. The minimum atomic E-state index is 0.000324. The lowest BCUT2D eigenvalue weighted by atomic mass is 9.85. The molecule has 0 aromatic heterocycles. The molecule has 0 bridgehead atoms. The molecule has 5 heteroatoms. The summed E-state index contributed by atoms with van der Waals surface area (Å²) in [4.78, 5) is 25.6. The lowest BCUT2D eigenvalue weighted by Crippen LogP contribution is -2.55. The van der Waals surface area contributed by atoms with Crippen molar-refractivity contribution in [1.29, 1.82) is 0 Å². The van der Waals surface area contributed by atoms with Crippen LogP contribution in [0.4, 0.5) is 0 Å². The van der Waals surface area contributed by atoms with E-state index >= 15 is 0 Å². The van der Waals surface area contributed by atoms with Crippen molar-refractivity contribution < 1.29 is 14.7 Å². The molecule has 2 saturated heterocycles. The van der Waals surface area contributed by atoms with Crippen molar-refractivity contribution in [2.24, 2.45) is 5.92 Å². The maximum Gasteiger partial charge on any atom is 0.253 e. The number of hydrogen-bond acceptors (Lipinski definition) is 3. The Morgan fingerprint density at radius 3 is 2.75 bits per heavy atom. The average Bonchev–Trinajstić information content (AvgIpc) is 2.47. The number of likely N-dealkylation sites (tertiary alicyclic amines) is 1. The number of amides is 2. The van der Waals surface area contributed by atoms with E-state index in [1.807, 2.05) is 4.90 Å². The highest BCUT2D eigenvalue weighted by atomic mass is 16.3. The molecule has 0 radical (unpaired) electrons. The van der Waals surface area contributed by atoms with E-state index in [-0.39, 0.29) is 23.6 Å². The van der Waals surface area contributed by atoms with Gasteiger partial charge in [0, 0.05) is 31.1 Å². The Labute approximate surface area is 117 Å². The van der Waals surface area contributed by atoms with Crippen LogP contribution in [-0.2, 0) is 4.79 Å². The predicted molar refractivity (Wildman–Crippen MR) is 73.3 cm³/mol. The predicted octanol–water partition coefficient (Wildman–Crippen LogP) is 1.13. The smallest absolute Gasteiger partial charge is 0.253 e. The second-order valence-corrected chi connectivity index (χ2v) is 5.56. The molecule has 2 amide bonds. The first kappa shape index (κ1) is 13.0. The molecule has 3 rings (SSSR count). The Balaban J connectivity index is 1.68. The highest BCUT2D eigenvalue weighted by Crippen LogP contribution is 2.26. The molecular formula is C15H18N2O3. The molecule has 5 nitrogen and oxygen atoms in total. The van der Waals surface area contributed by atoms with Crippen molar-refractivity contribution >= 4 is 11.8 Å². The van der Waals surface area contributed by atoms with Crippen LogP contribution in [0.3, 0.4) is 0 Å². The maximum atomic E-state index is 12.4. The van der Waals surface area contributed by atoms with E-state index in [9.17, 15) is 14.7 Å². The summed E-state index contributed by atoms with van der Waals surface area (Å²) in [6.45, 7) is 1.37. The van der Waals surface area contributed by atoms with Crippen LogP contribution in [0.15, 0.2) is 24.3 Å². The molecule has 2 aliphatic rings. The Morgan fingerprint density at radius 2 is 2.00 bits per heavy atom. The highest BCUT2D eigenvalue weighted by molar-refractivity contribution is 5.94. The molecule has 2 atom stereocenters. The van der Waals surface area contributed by atoms with Gasteiger partial charge in [0.2, 0.25) is 5.91 Å². The van der Waals surface area contributed by atoms with Crippen LogP contribution in [0.1, 0.15) is 29.6 Å². The van der Waals surface area contributed by atoms with Crippen molar-refractivity contribution in [2.45, 2.75) is 25.3 Å². The first-order valence-electron chi connectivity index (χ1n) is 7.01. The Hall–Kier alpha value is -2.04. The maximum absolute atomic E-state index is 12.4. The van der Waals surface area contributed by atoms with Crippen molar-refractivity contribution in [1.82, 2.24) is 10.2 Å². The fourth-order valence-electron chi connectivity index (χ4n) is 3.08. The fourth-order valence-corrected chi connectivity index (χ4v) is 3.08. The highest BCUT2D eigenvalue weighted by Gasteiger charge is 2.35. The Kier molecular flexibility index (Phi) is 3.34. The lowest BCUT2D eigenvalue weighted by molar-refractivity contribution is -0.125. The summed E-state index contributed by atoms with van der Waals surface area (Å²) in [6.07, 6.45) is 2.23. The molecule has 0 spiro atoms. The van der Waals surface area contributed by atoms with Crippen molar-refractivity contribution in [3.8, 4) is 5.75 Å². The molecule has 2 unspecified atom stereocenters. The van der Waals surface area contributed by atoms with Crippen LogP contribution < -0.4 is 5.32 Å². The number of rotatable bonds is 1. The van der Waals surface area contributed by atoms with Gasteiger partial charge in [0.25, 0.3) is 5.91 Å². The summed E-state index contributed by atoms with van der Waals surface area (Å²) in [5.41, 5.74) is 0.598. The number of fused-ring (bicyclic) bond motifs is 1. The number of nitrogens with zero attached hydrogens (tertiary/aromatic N) is 1. The molecule has 106 valence electrons. The van der Waals surface area contributed by atoms with Gasteiger partial charge in [-0.1, -0.05) is 0 Å². The molecule has 2 fully saturated rings. The zero-order valence-corrected chi connectivity index (χ0v) is 11.2. The van der Waals surface area contributed by atoms with Gasteiger partial charge in [-0.3, -0.25) is 9.59 Å². The van der Waals surface area contributed by atoms with Crippen LogP contribution in [0.2, 0.25) is 0 Å². The largest absolute Gasteiger partial charge is 0.508 e. The van der Waals surface area contributed by atoms with Crippen molar-refractivity contribution in [3.63, 3.8) is 0 Å². The third kappa shape index (κ3) is 2.48. The van der Waals surface area contributed by atoms with E-state index in [4.69, 9.17) is 0 Å². The first-order valence-corrected chi connectivity index (χ1v) is 7.01. The van der Waals surface area contributed by atoms with Crippen molar-refractivity contribution in [2.75, 3.05) is 13.1 Å². The van der Waals surface area contributed by atoms with Gasteiger partial charge in [0.1, 0.15) is 5.75 Å². The minimum absolute atomic E-state index is 0.000324. The van der Waals surface area contributed by atoms with Gasteiger partial charge in [-0.15, -0.1) is 0 Å². The second-order valence-electron chi connectivity index (χ2n) is 5.56. The molecule has 1 aromatic rings. The monoisotopic (exact) mass is 274 g/mol. The number of benzene rings is 1. The quantitative estimate of drug-likeness (QED) is 0.806. The van der Waals surface area contributed by atoms with E-state index in [2.05, 4.69) is 5.32 Å². The standard InChI is InChI=1S/C15H18N2O3/c18-12-4-1-10(2-5-12)15(20)17-8-7-13-11(9-17)3-6-14(19)16-13/h1-2,4-5,11,13,18H,3,6-9H2,(H,16,19). The molecule has 1 aromatic carbocycles. The Bertz CT molecular complexity index is 526. The van der Waals surface area contributed by atoms with E-state index in [1.165, 1.54) is 12.1 Å². The number of phenols is 1. The lowest BCUT2D eigenvalue weighted by Gasteiger charge is -2.41. The summed E-state index contributed by atoms with van der Waals surface area (Å²) in [6, 6.07) is 6.57. The molecule has 0 aliphatic carbocycles. The van der Waals surface area contributed by atoms with Gasteiger partial charge in [-0.05, 0) is 43.0 Å². The van der Waals surface area contributed by atoms with E-state index < -0.39 is 0 Å². The third-order valence-corrected chi connectivity index (χ3v) is 4.22. The van der Waals surface area contributed by atoms with E-state index in [0.717, 1.165) is 12.8 Å². The zero-order valence-electron chi connectivity index (χ0n) is 11.2. The summed E-state index contributed by atoms with van der Waals surface area (Å²) in [7, 11) is 0. The SMILES string of the molecule is O=C1CCC2CN(C(=O)c3ccc(O)cc3)CCC2N1. The van der Waals surface area contributed by atoms with Gasteiger partial charge in [0.15, 0.2) is 0 Å². The minimum Gasteiger partial charge on any atom is -0.508 e. The summed E-state index contributed by atoms with van der Waals surface area (Å²) < 4.78 is 0. The summed E-state index contributed by atoms with van der Waals surface area (Å²) >= 11 is 0. The zero-order chi connectivity index (χ0) is 14.1. The van der Waals surface area contributed by atoms with E-state index in [0.29, 0.717) is 31.0 Å². The number of piperidine rings is 2. The molecule has 20 heavy (non-hydrogen) atoms. The van der Waals surface area contributed by atoms with Gasteiger partial charge in [-0.2, -0.15) is 0 Å². The summed E-state index contributed by atoms with van der Waals surface area (Å²) in [5, 5.41) is 12.3. The molecule has 2 aliphatic heterocycles. The van der Waals surface area contributed by atoms with Crippen molar-refractivity contribution in [3.05, 3.63) is 29.8 Å². The van der Waals surface area contributed by atoms with Crippen LogP contribution >= 0.6 is 0 Å². The fraction of sp³-hybridized carbons (Fsp3) is 0.467. The number of aromatic hydroxyl groups is 1. The number of carbonyl (C=O) groups is 2. The third-order valence-electron chi connectivity index (χ3n) is 4.22. The molecule has 2 N–H and O–H groups in total. The van der Waals surface area contributed by atoms with Gasteiger partial charge in [-0.25, -0.2) is 0 Å². The first-order chi connectivity index (χ1) is 9.63. The Morgan fingerprint density at radius 1 is 1.25 bits per heavy atom. The topological polar surface area (TPSA) is 69.6 Å². The molecule has 2 heterocycles. The van der Waals surface area contributed by atoms with Crippen LogP contribution in [0.5, 0.6) is 5.75 Å². The van der Waals surface area contributed by atoms with Crippen LogP contribution in [0.25, 0.3) is 0 Å². The van der Waals surface area contributed by atoms with Gasteiger partial charge >= 0.3 is 0 Å².